The molecule has 2 saturated heterocycles. The number of alkyl halides is 1. The Kier molecular flexibility index (Phi) is 12.1. The highest BCUT2D eigenvalue weighted by atomic mass is 19.1. The van der Waals surface area contributed by atoms with Gasteiger partial charge in [-0.25, -0.2) is 4.39 Å². The molecule has 3 rings (SSSR count). The Labute approximate surface area is 235 Å². The predicted molar refractivity (Wildman–Crippen MR) is 135 cm³/mol. The third kappa shape index (κ3) is 7.14. The summed E-state index contributed by atoms with van der Waals surface area (Å²) in [6.45, 7) is -0.977. The third-order valence-corrected chi connectivity index (χ3v) is 7.93. The Morgan fingerprint density at radius 3 is 2.12 bits per heavy atom. The predicted octanol–water partition coefficient (Wildman–Crippen LogP) is -7.10. The van der Waals surface area contributed by atoms with Gasteiger partial charge < -0.3 is 82.5 Å². The number of hydrogen-bond acceptors (Lipinski definition) is 16. The number of amides is 1. The number of aliphatic hydroxyl groups excluding tert-OH is 7. The molecule has 1 saturated carbocycles. The zero-order valence-corrected chi connectivity index (χ0v) is 22.6. The fourth-order valence-electron chi connectivity index (χ4n) is 5.34. The van der Waals surface area contributed by atoms with Crippen LogP contribution in [0.4, 0.5) is 4.39 Å². The average molecular weight is 602 g/mol. The highest BCUT2D eigenvalue weighted by Crippen LogP contribution is 2.35. The number of rotatable bonds is 10. The molecule has 240 valence electrons. The minimum Gasteiger partial charge on any atom is -0.394 e. The summed E-state index contributed by atoms with van der Waals surface area (Å²) in [6.07, 6.45) is -21.3. The van der Waals surface area contributed by atoms with E-state index in [2.05, 4.69) is 0 Å². The maximum Gasteiger partial charge on any atom is 0.251 e. The Hall–Kier alpha value is -1.20. The van der Waals surface area contributed by atoms with Crippen LogP contribution in [0.3, 0.4) is 0 Å². The van der Waals surface area contributed by atoms with Crippen LogP contribution in [0.1, 0.15) is 12.8 Å². The molecule has 2 heterocycles. The zero-order chi connectivity index (χ0) is 30.8. The Morgan fingerprint density at radius 2 is 1.54 bits per heavy atom. The van der Waals surface area contributed by atoms with Gasteiger partial charge in [-0.05, 0) is 19.4 Å². The lowest BCUT2D eigenvalue weighted by molar-refractivity contribution is -0.329. The summed E-state index contributed by atoms with van der Waals surface area (Å²) < 4.78 is 38.7. The summed E-state index contributed by atoms with van der Waals surface area (Å²) in [5.41, 5.74) is 23.1. The smallest absolute Gasteiger partial charge is 0.251 e. The molecule has 0 spiro atoms. The van der Waals surface area contributed by atoms with Gasteiger partial charge in [-0.3, -0.25) is 4.79 Å². The molecule has 0 radical (unpaired) electrons. The van der Waals surface area contributed by atoms with Crippen molar-refractivity contribution in [3.05, 3.63) is 0 Å². The molecule has 1 aliphatic carbocycles. The molecule has 0 aromatic heterocycles. The lowest BCUT2D eigenvalue weighted by atomic mass is 9.83. The van der Waals surface area contributed by atoms with Gasteiger partial charge in [0.2, 0.25) is 0 Å². The minimum absolute atomic E-state index is 0.00850. The van der Waals surface area contributed by atoms with Gasteiger partial charge in [-0.1, -0.05) is 0 Å². The molecule has 18 heteroatoms. The molecular weight excluding hydrogens is 557 g/mol. The van der Waals surface area contributed by atoms with Crippen molar-refractivity contribution in [2.45, 2.75) is 111 Å². The molecule has 0 aromatic carbocycles. The van der Waals surface area contributed by atoms with Crippen molar-refractivity contribution in [1.29, 1.82) is 0 Å². The molecule has 3 aliphatic rings. The summed E-state index contributed by atoms with van der Waals surface area (Å²) in [6, 6.07) is -3.69. The topological polar surface area (TPSA) is 303 Å². The minimum atomic E-state index is -2.21. The molecule has 16 atom stereocenters. The number of ether oxygens (including phenoxy) is 4. The highest BCUT2D eigenvalue weighted by molar-refractivity contribution is 5.80. The van der Waals surface area contributed by atoms with Gasteiger partial charge in [0.25, 0.3) is 5.91 Å². The normalized spacial score (nSPS) is 46.2. The van der Waals surface area contributed by atoms with Gasteiger partial charge in [-0.2, -0.15) is 0 Å². The quantitative estimate of drug-likeness (QED) is 0.111. The average Bonchev–Trinajstić information content (AvgIpc) is 2.95. The lowest BCUT2D eigenvalue weighted by Crippen LogP contribution is -2.69. The molecule has 15 N–H and O–H groups in total. The van der Waals surface area contributed by atoms with Gasteiger partial charge >= 0.3 is 0 Å². The van der Waals surface area contributed by atoms with Crippen molar-refractivity contribution < 1.29 is 63.9 Å². The molecular formula is C23H44FN5O12. The van der Waals surface area contributed by atoms with Crippen molar-refractivity contribution >= 4 is 5.91 Å². The van der Waals surface area contributed by atoms with E-state index in [4.69, 9.17) is 41.9 Å². The van der Waals surface area contributed by atoms with Crippen LogP contribution in [0.5, 0.6) is 0 Å². The molecule has 17 nitrogen and oxygen atoms in total. The van der Waals surface area contributed by atoms with E-state index in [-0.39, 0.29) is 25.9 Å². The number of halogens is 1. The van der Waals surface area contributed by atoms with Gasteiger partial charge in [0, 0.05) is 19.6 Å². The Balaban J connectivity index is 1.90. The number of nitrogens with two attached hydrogens (primary N) is 4. The summed E-state index contributed by atoms with van der Waals surface area (Å²) in [7, 11) is 1.28. The number of carbonyl (C=O) groups excluding carboxylic acids is 1. The molecule has 0 bridgehead atoms. The maximum absolute atomic E-state index is 16.4. The fourth-order valence-corrected chi connectivity index (χ4v) is 5.34. The summed E-state index contributed by atoms with van der Waals surface area (Å²) in [5.74, 6) is -0.813. The standard InChI is InChI=1S/C23H44FN5O12/c1-29(21(37)9(31)2-3-25)8-4-7(27)19(40-23-18(36)17(35)15(33)10(5-26)38-23)12(24)20(8)41-22-16(34)13(28)14(32)11(6-30)39-22/h7-20,22-23,30-36H,2-6,25-28H2,1H3/t7-,8+,9-,10+,11+,12+,13-,14+,15+,16+,17-,18+,19+,20?,22-,23?/m0/s1. The first-order valence-corrected chi connectivity index (χ1v) is 13.4. The lowest BCUT2D eigenvalue weighted by Gasteiger charge is -2.49. The van der Waals surface area contributed by atoms with Crippen LogP contribution in [0.15, 0.2) is 0 Å². The monoisotopic (exact) mass is 601 g/mol. The number of aliphatic hydroxyl groups is 7. The maximum atomic E-state index is 16.4. The first-order chi connectivity index (χ1) is 19.3. The first kappa shape index (κ1) is 34.3. The van der Waals surface area contributed by atoms with E-state index in [0.717, 1.165) is 4.90 Å². The van der Waals surface area contributed by atoms with E-state index in [0.29, 0.717) is 0 Å². The van der Waals surface area contributed by atoms with Crippen LogP contribution in [0, 0.1) is 0 Å². The van der Waals surface area contributed by atoms with E-state index in [9.17, 15) is 40.5 Å². The number of nitrogens with zero attached hydrogens (tertiary/aromatic N) is 1. The first-order valence-electron chi connectivity index (χ1n) is 13.4. The van der Waals surface area contributed by atoms with Crippen LogP contribution < -0.4 is 22.9 Å². The van der Waals surface area contributed by atoms with Crippen molar-refractivity contribution in [3.63, 3.8) is 0 Å². The molecule has 1 amide bonds. The van der Waals surface area contributed by atoms with Gasteiger partial charge in [0.15, 0.2) is 18.8 Å². The van der Waals surface area contributed by atoms with E-state index >= 15 is 4.39 Å². The summed E-state index contributed by atoms with van der Waals surface area (Å²) in [5, 5.41) is 71.2. The fraction of sp³-hybridized carbons (Fsp3) is 0.957. The summed E-state index contributed by atoms with van der Waals surface area (Å²) >= 11 is 0. The molecule has 0 aromatic rings. The summed E-state index contributed by atoms with van der Waals surface area (Å²) in [4.78, 5) is 13.9. The largest absolute Gasteiger partial charge is 0.394 e. The van der Waals surface area contributed by atoms with Crippen LogP contribution in [-0.2, 0) is 23.7 Å². The van der Waals surface area contributed by atoms with E-state index in [1.165, 1.54) is 7.05 Å². The van der Waals surface area contributed by atoms with Crippen molar-refractivity contribution in [2.24, 2.45) is 22.9 Å². The molecule has 3 fully saturated rings. The second-order valence-electron chi connectivity index (χ2n) is 10.7. The molecule has 2 unspecified atom stereocenters. The number of likely N-dealkylation sites (N-methyl/N-ethyl adjacent to an activating group) is 1. The van der Waals surface area contributed by atoms with Crippen molar-refractivity contribution in [2.75, 3.05) is 26.7 Å². The van der Waals surface area contributed by atoms with Crippen molar-refractivity contribution in [3.8, 4) is 0 Å². The number of hydrogen-bond donors (Lipinski definition) is 11. The molecule has 41 heavy (non-hydrogen) atoms. The van der Waals surface area contributed by atoms with E-state index in [1.54, 1.807) is 0 Å². The SMILES string of the molecule is CN(C(=O)[C@@H](O)CCN)[C@@H]1C[C@H](N)[C@@H](OC2O[C@H](CN)[C@@H](O)[C@H](O)[C@H]2O)[C@@H](F)C1O[C@@H]1O[C@H](CO)[C@@H](O)[C@H](N)[C@H]1O. The Bertz CT molecular complexity index is 851. The van der Waals surface area contributed by atoms with Gasteiger partial charge in [0.05, 0.1) is 18.7 Å². The Morgan fingerprint density at radius 1 is 0.951 bits per heavy atom. The second kappa shape index (κ2) is 14.5. The number of carbonyl (C=O) groups is 1. The van der Waals surface area contributed by atoms with Gasteiger partial charge in [0.1, 0.15) is 61.0 Å². The van der Waals surface area contributed by atoms with Crippen molar-refractivity contribution in [1.82, 2.24) is 4.90 Å². The highest BCUT2D eigenvalue weighted by Gasteiger charge is 2.54. The van der Waals surface area contributed by atoms with Crippen LogP contribution in [0.2, 0.25) is 0 Å². The van der Waals surface area contributed by atoms with Crippen LogP contribution >= 0.6 is 0 Å². The third-order valence-electron chi connectivity index (χ3n) is 7.93. The van der Waals surface area contributed by atoms with E-state index < -0.39 is 110 Å². The zero-order valence-electron chi connectivity index (χ0n) is 22.6. The molecule has 2 aliphatic heterocycles. The van der Waals surface area contributed by atoms with Crippen LogP contribution in [-0.4, -0.2) is 171 Å². The van der Waals surface area contributed by atoms with Crippen LogP contribution in [0.25, 0.3) is 0 Å². The van der Waals surface area contributed by atoms with E-state index in [1.807, 2.05) is 0 Å². The van der Waals surface area contributed by atoms with Gasteiger partial charge in [-0.15, -0.1) is 0 Å². The second-order valence-corrected chi connectivity index (χ2v) is 10.7.